The lowest BCUT2D eigenvalue weighted by atomic mass is 9.82. The number of para-hydroxylation sites is 1. The number of ether oxygens (including phenoxy) is 2. The van der Waals surface area contributed by atoms with Gasteiger partial charge in [-0.05, 0) is 44.2 Å². The Morgan fingerprint density at radius 1 is 1.20 bits per heavy atom. The van der Waals surface area contributed by atoms with Crippen LogP contribution in [0, 0.1) is 10.1 Å². The minimum absolute atomic E-state index is 0.109. The summed E-state index contributed by atoms with van der Waals surface area (Å²) < 4.78 is 16.7. The number of carbonyl (C=O) groups is 1. The first kappa shape index (κ1) is 27.3. The first-order valence-corrected chi connectivity index (χ1v) is 12.8. The van der Waals surface area contributed by atoms with Crippen LogP contribution in [0.5, 0.6) is 17.2 Å². The molecule has 1 atom stereocenters. The number of aromatic amines is 1. The molecule has 0 aliphatic carbocycles. The van der Waals surface area contributed by atoms with Crippen LogP contribution in [0.15, 0.2) is 75.3 Å². The number of nitrogens with zero attached hydrogens (tertiary/aromatic N) is 2. The molecule has 2 aromatic heterocycles. The fraction of sp³-hybridized carbons (Fsp3) is 0.200. The molecule has 0 saturated carbocycles. The van der Waals surface area contributed by atoms with Gasteiger partial charge in [0.2, 0.25) is 5.91 Å². The molecular weight excluding hydrogens is 528 g/mol. The molecule has 1 amide bonds. The van der Waals surface area contributed by atoms with Crippen molar-refractivity contribution < 1.29 is 28.7 Å². The van der Waals surface area contributed by atoms with Gasteiger partial charge in [-0.25, -0.2) is 4.99 Å². The summed E-state index contributed by atoms with van der Waals surface area (Å²) in [6.07, 6.45) is 1.57. The van der Waals surface area contributed by atoms with Gasteiger partial charge in [0.15, 0.2) is 0 Å². The zero-order chi connectivity index (χ0) is 29.3. The van der Waals surface area contributed by atoms with Crippen molar-refractivity contribution in [2.45, 2.75) is 19.8 Å². The van der Waals surface area contributed by atoms with Gasteiger partial charge in [-0.2, -0.15) is 0 Å². The Morgan fingerprint density at radius 3 is 2.68 bits per heavy atom. The summed E-state index contributed by atoms with van der Waals surface area (Å²) in [5, 5.41) is 26.3. The number of carbonyl (C=O) groups excluding carboxylic acids is 1. The number of rotatable bonds is 8. The SMILES string of the molecule is CCNC(=O)C1=C(C)N=c2[nH]c(=Cc3ccc(-c4ccc(OC)cc4[N+](=O)[O-])o3)c(O)c2C1c1ccccc1OC. The van der Waals surface area contributed by atoms with Crippen molar-refractivity contribution in [2.24, 2.45) is 4.99 Å². The van der Waals surface area contributed by atoms with Crippen LogP contribution in [-0.4, -0.2) is 41.7 Å². The Balaban J connectivity index is 1.64. The van der Waals surface area contributed by atoms with Gasteiger partial charge in [-0.15, -0.1) is 0 Å². The molecule has 0 spiro atoms. The number of hydrogen-bond donors (Lipinski definition) is 3. The average Bonchev–Trinajstić information content (AvgIpc) is 3.56. The number of nitro groups is 1. The molecule has 0 bridgehead atoms. The molecule has 0 radical (unpaired) electrons. The lowest BCUT2D eigenvalue weighted by Gasteiger charge is -2.25. The standard InChI is InChI=1S/C30H28N4O7/c1-5-31-30(36)25-16(2)32-29-27(26(25)20-8-6-7-9-23(20)40-4)28(35)21(33-29)14-18-11-13-24(41-18)19-12-10-17(39-3)15-22(19)34(37)38/h6-15,26,35H,5H2,1-4H3,(H,31,36)(H,32,33). The zero-order valence-electron chi connectivity index (χ0n) is 22.8. The van der Waals surface area contributed by atoms with Crippen molar-refractivity contribution in [1.82, 2.24) is 10.3 Å². The van der Waals surface area contributed by atoms with Gasteiger partial charge in [-0.1, -0.05) is 18.2 Å². The van der Waals surface area contributed by atoms with E-state index in [0.29, 0.717) is 57.0 Å². The van der Waals surface area contributed by atoms with E-state index in [2.05, 4.69) is 15.3 Å². The van der Waals surface area contributed by atoms with Crippen molar-refractivity contribution in [3.63, 3.8) is 0 Å². The number of aromatic nitrogens is 1. The van der Waals surface area contributed by atoms with Gasteiger partial charge in [-0.3, -0.25) is 14.9 Å². The molecule has 3 heterocycles. The van der Waals surface area contributed by atoms with Crippen LogP contribution >= 0.6 is 0 Å². The second-order valence-corrected chi connectivity index (χ2v) is 9.28. The Hall–Kier alpha value is -5.32. The highest BCUT2D eigenvalue weighted by molar-refractivity contribution is 5.97. The zero-order valence-corrected chi connectivity index (χ0v) is 22.8. The quantitative estimate of drug-likeness (QED) is 0.220. The van der Waals surface area contributed by atoms with Crippen molar-refractivity contribution >= 4 is 17.7 Å². The van der Waals surface area contributed by atoms with Gasteiger partial charge in [0, 0.05) is 23.9 Å². The first-order valence-electron chi connectivity index (χ1n) is 12.8. The van der Waals surface area contributed by atoms with Gasteiger partial charge >= 0.3 is 0 Å². The highest BCUT2D eigenvalue weighted by Crippen LogP contribution is 2.41. The monoisotopic (exact) mass is 556 g/mol. The number of allylic oxidation sites excluding steroid dienone is 1. The predicted octanol–water partition coefficient (Wildman–Crippen LogP) is 3.91. The lowest BCUT2D eigenvalue weighted by molar-refractivity contribution is -0.384. The van der Waals surface area contributed by atoms with E-state index in [-0.39, 0.29) is 28.7 Å². The highest BCUT2D eigenvalue weighted by atomic mass is 16.6. The average molecular weight is 557 g/mol. The number of nitrogens with one attached hydrogen (secondary N) is 2. The normalized spacial score (nSPS) is 14.8. The Labute approximate surface area is 234 Å². The summed E-state index contributed by atoms with van der Waals surface area (Å²) in [6, 6.07) is 15.1. The summed E-state index contributed by atoms with van der Waals surface area (Å²) in [5.41, 5.74) is 2.53. The van der Waals surface area contributed by atoms with Crippen molar-refractivity contribution in [2.75, 3.05) is 20.8 Å². The Bertz CT molecular complexity index is 1820. The topological polar surface area (TPSA) is 152 Å². The summed E-state index contributed by atoms with van der Waals surface area (Å²) in [7, 11) is 2.98. The van der Waals surface area contributed by atoms with Crippen molar-refractivity contribution in [1.29, 1.82) is 0 Å². The lowest BCUT2D eigenvalue weighted by Crippen LogP contribution is -2.32. The number of furan rings is 1. The molecule has 210 valence electrons. The first-order chi connectivity index (χ1) is 19.8. The third-order valence-electron chi connectivity index (χ3n) is 6.88. The van der Waals surface area contributed by atoms with Crippen LogP contribution in [0.1, 0.15) is 36.7 Å². The molecule has 41 heavy (non-hydrogen) atoms. The molecule has 0 saturated heterocycles. The minimum Gasteiger partial charge on any atom is -0.505 e. The molecule has 1 unspecified atom stereocenters. The molecule has 1 aliphatic heterocycles. The van der Waals surface area contributed by atoms with E-state index in [4.69, 9.17) is 13.9 Å². The molecule has 2 aromatic carbocycles. The third kappa shape index (κ3) is 4.93. The fourth-order valence-corrected chi connectivity index (χ4v) is 5.04. The molecule has 4 aromatic rings. The van der Waals surface area contributed by atoms with E-state index >= 15 is 0 Å². The Kier molecular flexibility index (Phi) is 7.34. The van der Waals surface area contributed by atoms with Crippen LogP contribution in [-0.2, 0) is 4.79 Å². The molecule has 5 rings (SSSR count). The molecule has 3 N–H and O–H groups in total. The summed E-state index contributed by atoms with van der Waals surface area (Å²) in [5.74, 6) is 0.446. The van der Waals surface area contributed by atoms with Crippen LogP contribution in [0.2, 0.25) is 0 Å². The fourth-order valence-electron chi connectivity index (χ4n) is 5.04. The Morgan fingerprint density at radius 2 is 1.98 bits per heavy atom. The molecule has 0 fully saturated rings. The molecule has 1 aliphatic rings. The second-order valence-electron chi connectivity index (χ2n) is 9.28. The second kappa shape index (κ2) is 11.0. The number of fused-ring (bicyclic) bond motifs is 1. The van der Waals surface area contributed by atoms with Crippen LogP contribution in [0.25, 0.3) is 17.4 Å². The number of benzene rings is 2. The maximum Gasteiger partial charge on any atom is 0.284 e. The number of aromatic hydroxyl groups is 1. The van der Waals surface area contributed by atoms with E-state index < -0.39 is 10.8 Å². The minimum atomic E-state index is -0.669. The number of amides is 1. The number of likely N-dealkylation sites (N-methyl/N-ethyl adjacent to an activating group) is 1. The maximum atomic E-state index is 13.2. The van der Waals surface area contributed by atoms with Gasteiger partial charge in [0.05, 0.1) is 53.2 Å². The molecule has 11 nitrogen and oxygen atoms in total. The molecular formula is C30H28N4O7. The summed E-state index contributed by atoms with van der Waals surface area (Å²) >= 11 is 0. The van der Waals surface area contributed by atoms with Gasteiger partial charge < -0.3 is 29.3 Å². The van der Waals surface area contributed by atoms with E-state index in [9.17, 15) is 20.0 Å². The van der Waals surface area contributed by atoms with Crippen LogP contribution in [0.4, 0.5) is 5.69 Å². The third-order valence-corrected chi connectivity index (χ3v) is 6.88. The van der Waals surface area contributed by atoms with Crippen molar-refractivity contribution in [3.8, 4) is 28.6 Å². The van der Waals surface area contributed by atoms with Crippen LogP contribution < -0.4 is 25.6 Å². The van der Waals surface area contributed by atoms with Crippen molar-refractivity contribution in [3.05, 3.63) is 104 Å². The van der Waals surface area contributed by atoms with Crippen LogP contribution in [0.3, 0.4) is 0 Å². The van der Waals surface area contributed by atoms with E-state index in [0.717, 1.165) is 0 Å². The maximum absolute atomic E-state index is 13.2. The largest absolute Gasteiger partial charge is 0.505 e. The summed E-state index contributed by atoms with van der Waals surface area (Å²) in [6.45, 7) is 4.00. The van der Waals surface area contributed by atoms with Gasteiger partial charge in [0.25, 0.3) is 5.69 Å². The van der Waals surface area contributed by atoms with E-state index in [1.807, 2.05) is 25.1 Å². The van der Waals surface area contributed by atoms with E-state index in [1.54, 1.807) is 50.4 Å². The summed E-state index contributed by atoms with van der Waals surface area (Å²) in [4.78, 5) is 32.1. The number of H-pyrrole nitrogens is 1. The van der Waals surface area contributed by atoms with Gasteiger partial charge in [0.1, 0.15) is 34.3 Å². The van der Waals surface area contributed by atoms with E-state index in [1.165, 1.54) is 13.2 Å². The molecule has 11 heteroatoms. The smallest absolute Gasteiger partial charge is 0.284 e. The predicted molar refractivity (Wildman–Crippen MR) is 150 cm³/mol. The number of hydrogen-bond acceptors (Lipinski definition) is 8. The number of nitro benzene ring substituents is 1. The number of methoxy groups -OCH3 is 2. The highest BCUT2D eigenvalue weighted by Gasteiger charge is 2.35.